The van der Waals surface area contributed by atoms with Crippen molar-refractivity contribution in [3.8, 4) is 5.75 Å². The van der Waals surface area contributed by atoms with E-state index in [0.717, 1.165) is 34.9 Å². The van der Waals surface area contributed by atoms with Crippen LogP contribution in [0.25, 0.3) is 10.8 Å². The Morgan fingerprint density at radius 2 is 1.62 bits per heavy atom. The fourth-order valence-electron chi connectivity index (χ4n) is 3.28. The minimum absolute atomic E-state index is 0.225. The normalized spacial score (nSPS) is 16.6. The molecule has 2 aromatic rings. The summed E-state index contributed by atoms with van der Waals surface area (Å²) in [6.45, 7) is 0. The Kier molecular flexibility index (Phi) is 4.23. The van der Waals surface area contributed by atoms with Crippen LogP contribution in [0.1, 0.15) is 48.9 Å². The molecule has 1 saturated carbocycles. The van der Waals surface area contributed by atoms with E-state index in [1.807, 2.05) is 36.4 Å². The summed E-state index contributed by atoms with van der Waals surface area (Å²) in [6.07, 6.45) is 7.06. The van der Waals surface area contributed by atoms with Gasteiger partial charge in [-0.2, -0.15) is 0 Å². The minimum atomic E-state index is 0.225. The molecule has 1 aliphatic rings. The molecule has 0 amide bonds. The second kappa shape index (κ2) is 6.30. The van der Waals surface area contributed by atoms with E-state index in [0.29, 0.717) is 5.78 Å². The zero-order valence-corrected chi connectivity index (χ0v) is 12.6. The highest BCUT2D eigenvalue weighted by Crippen LogP contribution is 2.28. The number of benzene rings is 2. The highest BCUT2D eigenvalue weighted by atomic mass is 16.5. The molecule has 110 valence electrons. The van der Waals surface area contributed by atoms with Crippen LogP contribution < -0.4 is 4.74 Å². The van der Waals surface area contributed by atoms with E-state index in [4.69, 9.17) is 4.74 Å². The Bertz CT molecular complexity index is 637. The van der Waals surface area contributed by atoms with Gasteiger partial charge in [-0.25, -0.2) is 0 Å². The van der Waals surface area contributed by atoms with Crippen molar-refractivity contribution in [2.75, 3.05) is 7.11 Å². The van der Waals surface area contributed by atoms with Crippen LogP contribution in [0.5, 0.6) is 5.75 Å². The maximum absolute atomic E-state index is 12.7. The Balaban J connectivity index is 1.87. The summed E-state index contributed by atoms with van der Waals surface area (Å²) in [6, 6.07) is 12.0. The van der Waals surface area contributed by atoms with E-state index in [9.17, 15) is 4.79 Å². The highest BCUT2D eigenvalue weighted by molar-refractivity contribution is 6.01. The molecule has 0 radical (unpaired) electrons. The number of methoxy groups -OCH3 is 1. The number of rotatable bonds is 3. The Hall–Kier alpha value is -1.83. The molecule has 0 atom stereocenters. The number of carbonyl (C=O) groups excluding carboxylic acids is 1. The third kappa shape index (κ3) is 3.10. The second-order valence-electron chi connectivity index (χ2n) is 5.98. The monoisotopic (exact) mass is 282 g/mol. The van der Waals surface area contributed by atoms with Crippen molar-refractivity contribution in [1.29, 1.82) is 0 Å². The number of ketones is 1. The first kappa shape index (κ1) is 14.1. The van der Waals surface area contributed by atoms with Gasteiger partial charge in [0.1, 0.15) is 5.75 Å². The van der Waals surface area contributed by atoms with Crippen LogP contribution >= 0.6 is 0 Å². The Morgan fingerprint density at radius 1 is 0.952 bits per heavy atom. The van der Waals surface area contributed by atoms with Gasteiger partial charge in [0.2, 0.25) is 0 Å². The summed E-state index contributed by atoms with van der Waals surface area (Å²) in [5.74, 6) is 1.41. The molecule has 2 nitrogen and oxygen atoms in total. The number of hydrogen-bond donors (Lipinski definition) is 0. The first-order valence-corrected chi connectivity index (χ1v) is 7.90. The van der Waals surface area contributed by atoms with Crippen molar-refractivity contribution in [3.63, 3.8) is 0 Å². The number of carbonyl (C=O) groups is 1. The molecular formula is C19H22O2. The van der Waals surface area contributed by atoms with Crippen molar-refractivity contribution in [3.05, 3.63) is 42.0 Å². The lowest BCUT2D eigenvalue weighted by atomic mass is 9.90. The summed E-state index contributed by atoms with van der Waals surface area (Å²) < 4.78 is 5.24. The van der Waals surface area contributed by atoms with Crippen LogP contribution in [0.2, 0.25) is 0 Å². The van der Waals surface area contributed by atoms with Gasteiger partial charge in [-0.05, 0) is 41.8 Å². The maximum Gasteiger partial charge on any atom is 0.165 e. The maximum atomic E-state index is 12.7. The van der Waals surface area contributed by atoms with Crippen LogP contribution in [-0.4, -0.2) is 12.9 Å². The van der Waals surface area contributed by atoms with E-state index in [-0.39, 0.29) is 5.92 Å². The molecule has 1 fully saturated rings. The zero-order valence-electron chi connectivity index (χ0n) is 12.6. The lowest BCUT2D eigenvalue weighted by Crippen LogP contribution is -2.13. The molecule has 2 heteroatoms. The molecule has 2 aromatic carbocycles. The van der Waals surface area contributed by atoms with Gasteiger partial charge in [-0.3, -0.25) is 4.79 Å². The first-order chi connectivity index (χ1) is 10.3. The summed E-state index contributed by atoms with van der Waals surface area (Å²) in [5.41, 5.74) is 0.861. The number of Topliss-reactive ketones (excluding diaryl/α,β-unsaturated/α-hetero) is 1. The molecule has 21 heavy (non-hydrogen) atoms. The van der Waals surface area contributed by atoms with Crippen molar-refractivity contribution in [2.24, 2.45) is 5.92 Å². The average Bonchev–Trinajstić information content (AvgIpc) is 2.82. The fourth-order valence-corrected chi connectivity index (χ4v) is 3.28. The van der Waals surface area contributed by atoms with Gasteiger partial charge >= 0.3 is 0 Å². The smallest absolute Gasteiger partial charge is 0.165 e. The molecule has 0 N–H and O–H groups in total. The second-order valence-corrected chi connectivity index (χ2v) is 5.98. The summed E-state index contributed by atoms with van der Waals surface area (Å²) in [7, 11) is 1.67. The predicted molar refractivity (Wildman–Crippen MR) is 86.0 cm³/mol. The van der Waals surface area contributed by atoms with E-state index >= 15 is 0 Å². The third-order valence-electron chi connectivity index (χ3n) is 4.56. The molecule has 0 unspecified atom stereocenters. The van der Waals surface area contributed by atoms with E-state index < -0.39 is 0 Å². The van der Waals surface area contributed by atoms with Gasteiger partial charge in [0, 0.05) is 11.5 Å². The van der Waals surface area contributed by atoms with Crippen LogP contribution in [0, 0.1) is 5.92 Å². The van der Waals surface area contributed by atoms with E-state index in [2.05, 4.69) is 0 Å². The molecule has 0 bridgehead atoms. The van der Waals surface area contributed by atoms with Gasteiger partial charge in [0.15, 0.2) is 5.78 Å². The minimum Gasteiger partial charge on any atom is -0.497 e. The molecule has 1 aliphatic carbocycles. The fraction of sp³-hybridized carbons (Fsp3) is 0.421. The quantitative estimate of drug-likeness (QED) is 0.585. The van der Waals surface area contributed by atoms with Gasteiger partial charge in [0.05, 0.1) is 7.11 Å². The Labute approximate surface area is 126 Å². The topological polar surface area (TPSA) is 26.3 Å². The average molecular weight is 282 g/mol. The third-order valence-corrected chi connectivity index (χ3v) is 4.56. The van der Waals surface area contributed by atoms with Crippen molar-refractivity contribution in [2.45, 2.75) is 38.5 Å². The highest BCUT2D eigenvalue weighted by Gasteiger charge is 2.21. The van der Waals surface area contributed by atoms with Gasteiger partial charge < -0.3 is 4.74 Å². The first-order valence-electron chi connectivity index (χ1n) is 7.90. The summed E-state index contributed by atoms with van der Waals surface area (Å²) in [4.78, 5) is 12.7. The van der Waals surface area contributed by atoms with Gasteiger partial charge in [0.25, 0.3) is 0 Å². The largest absolute Gasteiger partial charge is 0.497 e. The van der Waals surface area contributed by atoms with Gasteiger partial charge in [-0.15, -0.1) is 0 Å². The molecule has 0 aliphatic heterocycles. The standard InChI is InChI=1S/C19H22O2/c1-21-18-11-10-15-12-17(9-8-16(15)13-18)19(20)14-6-4-2-3-5-7-14/h8-14H,2-7H2,1H3. The van der Waals surface area contributed by atoms with Crippen LogP contribution in [0.4, 0.5) is 0 Å². The Morgan fingerprint density at radius 3 is 2.33 bits per heavy atom. The molecular weight excluding hydrogens is 260 g/mol. The summed E-state index contributed by atoms with van der Waals surface area (Å²) >= 11 is 0. The molecule has 0 heterocycles. The number of fused-ring (bicyclic) bond motifs is 1. The lowest BCUT2D eigenvalue weighted by molar-refractivity contribution is 0.0908. The molecule has 0 aromatic heterocycles. The number of ether oxygens (including phenoxy) is 1. The van der Waals surface area contributed by atoms with Crippen molar-refractivity contribution in [1.82, 2.24) is 0 Å². The predicted octanol–water partition coefficient (Wildman–Crippen LogP) is 5.00. The van der Waals surface area contributed by atoms with Crippen LogP contribution in [0.15, 0.2) is 36.4 Å². The lowest BCUT2D eigenvalue weighted by Gasteiger charge is -2.13. The molecule has 0 saturated heterocycles. The van der Waals surface area contributed by atoms with Gasteiger partial charge in [-0.1, -0.05) is 43.9 Å². The molecule has 3 rings (SSSR count). The van der Waals surface area contributed by atoms with Crippen LogP contribution in [-0.2, 0) is 0 Å². The zero-order chi connectivity index (χ0) is 14.7. The van der Waals surface area contributed by atoms with E-state index in [1.54, 1.807) is 7.11 Å². The van der Waals surface area contributed by atoms with E-state index in [1.165, 1.54) is 25.7 Å². The summed E-state index contributed by atoms with van der Waals surface area (Å²) in [5, 5.41) is 2.22. The van der Waals surface area contributed by atoms with Crippen LogP contribution in [0.3, 0.4) is 0 Å². The molecule has 0 spiro atoms. The van der Waals surface area contributed by atoms with Crippen molar-refractivity contribution < 1.29 is 9.53 Å². The number of hydrogen-bond acceptors (Lipinski definition) is 2. The van der Waals surface area contributed by atoms with Crippen molar-refractivity contribution >= 4 is 16.6 Å². The SMILES string of the molecule is COc1ccc2cc(C(=O)C3CCCCCC3)ccc2c1.